The number of nitrogens with zero attached hydrogens (tertiary/aromatic N) is 2. The van der Waals surface area contributed by atoms with Crippen molar-refractivity contribution < 1.29 is 0 Å². The first-order valence-corrected chi connectivity index (χ1v) is 6.60. The third-order valence-corrected chi connectivity index (χ3v) is 3.63. The zero-order valence-corrected chi connectivity index (χ0v) is 10.4. The van der Waals surface area contributed by atoms with Crippen molar-refractivity contribution in [2.24, 2.45) is 5.92 Å². The summed E-state index contributed by atoms with van der Waals surface area (Å²) in [7, 11) is 0. The third kappa shape index (κ3) is 3.80. The van der Waals surface area contributed by atoms with Crippen LogP contribution in [0.3, 0.4) is 0 Å². The second-order valence-electron chi connectivity index (χ2n) is 4.60. The van der Waals surface area contributed by atoms with Gasteiger partial charge in [-0.1, -0.05) is 6.42 Å². The maximum absolute atomic E-state index is 6.16. The average molecular weight is 242 g/mol. The highest BCUT2D eigenvalue weighted by Crippen LogP contribution is 2.27. The van der Waals surface area contributed by atoms with Crippen LogP contribution in [0.5, 0.6) is 0 Å². The van der Waals surface area contributed by atoms with Gasteiger partial charge in [0, 0.05) is 24.3 Å². The maximum atomic E-state index is 6.16. The molecule has 0 saturated heterocycles. The summed E-state index contributed by atoms with van der Waals surface area (Å²) < 4.78 is 1.96. The van der Waals surface area contributed by atoms with Crippen LogP contribution in [0, 0.1) is 5.92 Å². The van der Waals surface area contributed by atoms with Crippen LogP contribution in [0.1, 0.15) is 25.7 Å². The Balaban J connectivity index is 1.57. The second-order valence-corrected chi connectivity index (χ2v) is 5.22. The fourth-order valence-corrected chi connectivity index (χ4v) is 2.75. The fraction of sp³-hybridized carbons (Fsp3) is 0.750. The Morgan fingerprint density at radius 2 is 2.38 bits per heavy atom. The van der Waals surface area contributed by atoms with E-state index in [1.807, 2.05) is 23.1 Å². The molecule has 2 unspecified atom stereocenters. The summed E-state index contributed by atoms with van der Waals surface area (Å²) in [5.74, 6) is 0.772. The van der Waals surface area contributed by atoms with Crippen molar-refractivity contribution in [3.8, 4) is 0 Å². The molecule has 90 valence electrons. The number of alkyl halides is 1. The molecule has 1 N–H and O–H groups in total. The van der Waals surface area contributed by atoms with E-state index in [2.05, 4.69) is 10.4 Å². The first-order chi connectivity index (χ1) is 7.84. The molecule has 1 heterocycles. The molecule has 3 nitrogen and oxygen atoms in total. The lowest BCUT2D eigenvalue weighted by Gasteiger charge is -2.25. The maximum Gasteiger partial charge on any atom is 0.0533 e. The molecule has 0 aromatic carbocycles. The average Bonchev–Trinajstić information content (AvgIpc) is 2.77. The Morgan fingerprint density at radius 3 is 3.12 bits per heavy atom. The molecule has 1 saturated carbocycles. The van der Waals surface area contributed by atoms with Crippen molar-refractivity contribution in [1.82, 2.24) is 15.1 Å². The van der Waals surface area contributed by atoms with Gasteiger partial charge in [-0.25, -0.2) is 0 Å². The lowest BCUT2D eigenvalue weighted by atomic mass is 9.89. The molecule has 16 heavy (non-hydrogen) atoms. The van der Waals surface area contributed by atoms with Gasteiger partial charge in [0.2, 0.25) is 0 Å². The Kier molecular flexibility index (Phi) is 4.67. The van der Waals surface area contributed by atoms with Crippen LogP contribution in [-0.2, 0) is 6.54 Å². The molecule has 1 aliphatic carbocycles. The molecule has 0 aliphatic heterocycles. The number of halogens is 1. The van der Waals surface area contributed by atoms with E-state index in [9.17, 15) is 0 Å². The molecular formula is C12H20ClN3. The smallest absolute Gasteiger partial charge is 0.0533 e. The standard InChI is InChI=1S/C12H20ClN3/c13-12-4-1-3-11(9-12)10-14-6-8-16-7-2-5-15-16/h2,5,7,11-12,14H,1,3-4,6,8-10H2. The normalized spacial score (nSPS) is 25.8. The van der Waals surface area contributed by atoms with Gasteiger partial charge < -0.3 is 5.32 Å². The summed E-state index contributed by atoms with van der Waals surface area (Å²) >= 11 is 6.16. The summed E-state index contributed by atoms with van der Waals surface area (Å²) in [6.45, 7) is 3.04. The molecular weight excluding hydrogens is 222 g/mol. The van der Waals surface area contributed by atoms with Gasteiger partial charge in [-0.05, 0) is 37.8 Å². The van der Waals surface area contributed by atoms with Crippen LogP contribution in [0.25, 0.3) is 0 Å². The van der Waals surface area contributed by atoms with Crippen molar-refractivity contribution >= 4 is 11.6 Å². The summed E-state index contributed by atoms with van der Waals surface area (Å²) in [5.41, 5.74) is 0. The van der Waals surface area contributed by atoms with Gasteiger partial charge >= 0.3 is 0 Å². The van der Waals surface area contributed by atoms with Gasteiger partial charge in [0.05, 0.1) is 6.54 Å². The topological polar surface area (TPSA) is 29.9 Å². The number of nitrogens with one attached hydrogen (secondary N) is 1. The lowest BCUT2D eigenvalue weighted by Crippen LogP contribution is -2.29. The molecule has 0 amide bonds. The van der Waals surface area contributed by atoms with E-state index < -0.39 is 0 Å². The molecule has 1 aliphatic rings. The molecule has 0 spiro atoms. The molecule has 0 bridgehead atoms. The summed E-state index contributed by atoms with van der Waals surface area (Å²) in [5, 5.41) is 8.07. The third-order valence-electron chi connectivity index (χ3n) is 3.23. The first-order valence-electron chi connectivity index (χ1n) is 6.17. The highest BCUT2D eigenvalue weighted by Gasteiger charge is 2.19. The van der Waals surface area contributed by atoms with Gasteiger partial charge in [-0.2, -0.15) is 5.10 Å². The van der Waals surface area contributed by atoms with Crippen LogP contribution >= 0.6 is 11.6 Å². The van der Waals surface area contributed by atoms with E-state index in [0.29, 0.717) is 5.38 Å². The zero-order chi connectivity index (χ0) is 11.2. The molecule has 1 aromatic heterocycles. The number of hydrogen-bond donors (Lipinski definition) is 1. The van der Waals surface area contributed by atoms with Crippen molar-refractivity contribution in [1.29, 1.82) is 0 Å². The van der Waals surface area contributed by atoms with Crippen LogP contribution in [0.4, 0.5) is 0 Å². The quantitative estimate of drug-likeness (QED) is 0.633. The first kappa shape index (κ1) is 11.9. The van der Waals surface area contributed by atoms with Gasteiger partial charge in [0.15, 0.2) is 0 Å². The molecule has 1 fully saturated rings. The second kappa shape index (κ2) is 6.26. The van der Waals surface area contributed by atoms with E-state index >= 15 is 0 Å². The fourth-order valence-electron chi connectivity index (χ4n) is 2.34. The Labute approximate surface area is 102 Å². The van der Waals surface area contributed by atoms with E-state index in [-0.39, 0.29) is 0 Å². The zero-order valence-electron chi connectivity index (χ0n) is 9.61. The van der Waals surface area contributed by atoms with Crippen LogP contribution in [0.2, 0.25) is 0 Å². The predicted octanol–water partition coefficient (Wildman–Crippen LogP) is 2.27. The van der Waals surface area contributed by atoms with E-state index in [0.717, 1.165) is 25.6 Å². The molecule has 4 heteroatoms. The Morgan fingerprint density at radius 1 is 1.44 bits per heavy atom. The lowest BCUT2D eigenvalue weighted by molar-refractivity contribution is 0.343. The minimum absolute atomic E-state index is 0.409. The van der Waals surface area contributed by atoms with E-state index in [1.165, 1.54) is 25.7 Å². The molecule has 0 radical (unpaired) electrons. The predicted molar refractivity (Wildman–Crippen MR) is 66.7 cm³/mol. The van der Waals surface area contributed by atoms with E-state index in [4.69, 9.17) is 11.6 Å². The van der Waals surface area contributed by atoms with Gasteiger partial charge in [-0.3, -0.25) is 4.68 Å². The Bertz CT molecular complexity index is 286. The van der Waals surface area contributed by atoms with Gasteiger partial charge in [0.1, 0.15) is 0 Å². The Hall–Kier alpha value is -0.540. The highest BCUT2D eigenvalue weighted by atomic mass is 35.5. The summed E-state index contributed by atoms with van der Waals surface area (Å²) in [4.78, 5) is 0. The van der Waals surface area contributed by atoms with Crippen molar-refractivity contribution in [2.45, 2.75) is 37.6 Å². The molecule has 1 aromatic rings. The minimum Gasteiger partial charge on any atom is -0.315 e. The van der Waals surface area contributed by atoms with Gasteiger partial charge in [-0.15, -0.1) is 11.6 Å². The number of hydrogen-bond acceptors (Lipinski definition) is 2. The number of rotatable bonds is 5. The monoisotopic (exact) mass is 241 g/mol. The SMILES string of the molecule is ClC1CCCC(CNCCn2cccn2)C1. The van der Waals surface area contributed by atoms with Crippen LogP contribution in [0.15, 0.2) is 18.5 Å². The highest BCUT2D eigenvalue weighted by molar-refractivity contribution is 6.20. The summed E-state index contributed by atoms with van der Waals surface area (Å²) in [6.07, 6.45) is 8.82. The summed E-state index contributed by atoms with van der Waals surface area (Å²) in [6, 6.07) is 1.96. The minimum atomic E-state index is 0.409. The van der Waals surface area contributed by atoms with Crippen LogP contribution in [-0.4, -0.2) is 28.2 Å². The molecule has 2 atom stereocenters. The van der Waals surface area contributed by atoms with Crippen molar-refractivity contribution in [2.75, 3.05) is 13.1 Å². The van der Waals surface area contributed by atoms with Gasteiger partial charge in [0.25, 0.3) is 0 Å². The van der Waals surface area contributed by atoms with Crippen LogP contribution < -0.4 is 5.32 Å². The molecule has 2 rings (SSSR count). The number of aromatic nitrogens is 2. The van der Waals surface area contributed by atoms with Crippen molar-refractivity contribution in [3.05, 3.63) is 18.5 Å². The van der Waals surface area contributed by atoms with Crippen molar-refractivity contribution in [3.63, 3.8) is 0 Å². The largest absolute Gasteiger partial charge is 0.315 e. The van der Waals surface area contributed by atoms with E-state index in [1.54, 1.807) is 0 Å².